The number of aliphatic hydroxyl groups is 1. The van der Waals surface area contributed by atoms with Gasteiger partial charge in [-0.2, -0.15) is 0 Å². The minimum atomic E-state index is -0.531. The zero-order valence-corrected chi connectivity index (χ0v) is 14.2. The van der Waals surface area contributed by atoms with Gasteiger partial charge in [-0.1, -0.05) is 0 Å². The summed E-state index contributed by atoms with van der Waals surface area (Å²) in [6.45, 7) is 0.555. The van der Waals surface area contributed by atoms with Crippen LogP contribution in [0.1, 0.15) is 28.8 Å². The van der Waals surface area contributed by atoms with Crippen LogP contribution in [-0.2, 0) is 16.0 Å². The molecule has 1 saturated heterocycles. The molecule has 24 heavy (non-hydrogen) atoms. The predicted octanol–water partition coefficient (Wildman–Crippen LogP) is 1.02. The first-order valence-corrected chi connectivity index (χ1v) is 7.81. The second-order valence-corrected chi connectivity index (χ2v) is 5.52. The van der Waals surface area contributed by atoms with Crippen molar-refractivity contribution in [1.29, 1.82) is 0 Å². The Bertz CT molecular complexity index is 615. The van der Waals surface area contributed by atoms with Crippen molar-refractivity contribution in [3.63, 3.8) is 0 Å². The smallest absolute Gasteiger partial charge is 0.328 e. The molecule has 2 rings (SSSR count). The normalized spacial score (nSPS) is 16.3. The molecule has 1 heterocycles. The van der Waals surface area contributed by atoms with E-state index in [2.05, 4.69) is 0 Å². The van der Waals surface area contributed by atoms with Crippen molar-refractivity contribution in [3.05, 3.63) is 23.3 Å². The molecule has 1 fully saturated rings. The van der Waals surface area contributed by atoms with Crippen molar-refractivity contribution in [3.8, 4) is 11.5 Å². The maximum absolute atomic E-state index is 12.7. The molecule has 0 aliphatic carbocycles. The molecule has 7 nitrogen and oxygen atoms in total. The molecule has 1 N–H and O–H groups in total. The number of aliphatic hydroxyl groups excluding tert-OH is 1. The second kappa shape index (κ2) is 8.01. The molecule has 1 amide bonds. The standard InChI is InChI=1S/C17H23NO6/c1-22-14-10-12(9-11(5-4-8-19)15(14)23-2)16(20)18-7-6-13(18)17(21)24-3/h9-10,13,19H,4-8H2,1-3H3. The van der Waals surface area contributed by atoms with Crippen molar-refractivity contribution in [2.75, 3.05) is 34.5 Å². The van der Waals surface area contributed by atoms with Crippen LogP contribution in [0.5, 0.6) is 11.5 Å². The van der Waals surface area contributed by atoms with Gasteiger partial charge >= 0.3 is 5.97 Å². The van der Waals surface area contributed by atoms with E-state index in [0.29, 0.717) is 42.9 Å². The highest BCUT2D eigenvalue weighted by Gasteiger charge is 2.39. The molecular weight excluding hydrogens is 314 g/mol. The summed E-state index contributed by atoms with van der Waals surface area (Å²) < 4.78 is 15.4. The second-order valence-electron chi connectivity index (χ2n) is 5.52. The number of carbonyl (C=O) groups excluding carboxylic acids is 2. The molecule has 1 unspecified atom stereocenters. The number of likely N-dealkylation sites (tertiary alicyclic amines) is 1. The molecule has 1 atom stereocenters. The van der Waals surface area contributed by atoms with E-state index in [1.54, 1.807) is 12.1 Å². The van der Waals surface area contributed by atoms with Gasteiger partial charge in [-0.25, -0.2) is 4.79 Å². The third-order valence-corrected chi connectivity index (χ3v) is 4.16. The van der Waals surface area contributed by atoms with E-state index < -0.39 is 12.0 Å². The number of carbonyl (C=O) groups is 2. The summed E-state index contributed by atoms with van der Waals surface area (Å²) in [4.78, 5) is 25.9. The quantitative estimate of drug-likeness (QED) is 0.748. The SMILES string of the molecule is COC(=O)C1CCN1C(=O)c1cc(CCCO)c(OC)c(OC)c1. The van der Waals surface area contributed by atoms with E-state index >= 15 is 0 Å². The minimum Gasteiger partial charge on any atom is -0.493 e. The number of rotatable bonds is 7. The number of amides is 1. The molecule has 0 bridgehead atoms. The van der Waals surface area contributed by atoms with Crippen LogP contribution < -0.4 is 9.47 Å². The van der Waals surface area contributed by atoms with E-state index in [4.69, 9.17) is 19.3 Å². The summed E-state index contributed by atoms with van der Waals surface area (Å²) in [6, 6.07) is 2.80. The van der Waals surface area contributed by atoms with Gasteiger partial charge in [-0.05, 0) is 37.0 Å². The zero-order valence-electron chi connectivity index (χ0n) is 14.2. The van der Waals surface area contributed by atoms with Crippen molar-refractivity contribution >= 4 is 11.9 Å². The molecular formula is C17H23NO6. The lowest BCUT2D eigenvalue weighted by Crippen LogP contribution is -2.55. The molecule has 0 radical (unpaired) electrons. The highest BCUT2D eigenvalue weighted by Crippen LogP contribution is 2.34. The maximum atomic E-state index is 12.7. The Morgan fingerprint density at radius 2 is 2.00 bits per heavy atom. The highest BCUT2D eigenvalue weighted by molar-refractivity contribution is 5.98. The van der Waals surface area contributed by atoms with Gasteiger partial charge in [-0.3, -0.25) is 4.79 Å². The fraction of sp³-hybridized carbons (Fsp3) is 0.529. The number of methoxy groups -OCH3 is 3. The summed E-state index contributed by atoms with van der Waals surface area (Å²) in [7, 11) is 4.35. The maximum Gasteiger partial charge on any atom is 0.328 e. The number of benzene rings is 1. The zero-order chi connectivity index (χ0) is 17.7. The monoisotopic (exact) mass is 337 g/mol. The number of hydrogen-bond donors (Lipinski definition) is 1. The summed E-state index contributed by atoms with van der Waals surface area (Å²) in [6.07, 6.45) is 1.70. The van der Waals surface area contributed by atoms with Gasteiger partial charge in [0.1, 0.15) is 6.04 Å². The molecule has 1 aliphatic rings. The van der Waals surface area contributed by atoms with Crippen molar-refractivity contribution < 1.29 is 28.9 Å². The third kappa shape index (κ3) is 3.46. The van der Waals surface area contributed by atoms with Gasteiger partial charge in [0.05, 0.1) is 21.3 Å². The van der Waals surface area contributed by atoms with Crippen LogP contribution >= 0.6 is 0 Å². The number of esters is 1. The summed E-state index contributed by atoms with van der Waals surface area (Å²) in [5.74, 6) is 0.348. The Kier molecular flexibility index (Phi) is 6.03. The van der Waals surface area contributed by atoms with Gasteiger partial charge in [0, 0.05) is 18.7 Å². The van der Waals surface area contributed by atoms with Crippen molar-refractivity contribution in [2.24, 2.45) is 0 Å². The third-order valence-electron chi connectivity index (χ3n) is 4.16. The fourth-order valence-corrected chi connectivity index (χ4v) is 2.80. The summed E-state index contributed by atoms with van der Waals surface area (Å²) >= 11 is 0. The van der Waals surface area contributed by atoms with Crippen LogP contribution in [0.3, 0.4) is 0 Å². The predicted molar refractivity (Wildman–Crippen MR) is 86.4 cm³/mol. The van der Waals surface area contributed by atoms with Crippen LogP contribution in [0.25, 0.3) is 0 Å². The molecule has 132 valence electrons. The molecule has 0 spiro atoms. The summed E-state index contributed by atoms with van der Waals surface area (Å²) in [5, 5.41) is 9.06. The Morgan fingerprint density at radius 1 is 1.25 bits per heavy atom. The van der Waals surface area contributed by atoms with Crippen molar-refractivity contribution in [1.82, 2.24) is 4.90 Å². The van der Waals surface area contributed by atoms with Crippen LogP contribution in [0.4, 0.5) is 0 Å². The summed E-state index contributed by atoms with van der Waals surface area (Å²) in [5.41, 5.74) is 1.21. The molecule has 1 aromatic rings. The fourth-order valence-electron chi connectivity index (χ4n) is 2.80. The van der Waals surface area contributed by atoms with Gasteiger partial charge in [-0.15, -0.1) is 0 Å². The number of aryl methyl sites for hydroxylation is 1. The van der Waals surface area contributed by atoms with Gasteiger partial charge in [0.2, 0.25) is 0 Å². The molecule has 1 aliphatic heterocycles. The van der Waals surface area contributed by atoms with Gasteiger partial charge < -0.3 is 24.2 Å². The largest absolute Gasteiger partial charge is 0.493 e. The molecule has 0 saturated carbocycles. The van der Waals surface area contributed by atoms with E-state index in [9.17, 15) is 9.59 Å². The van der Waals surface area contributed by atoms with E-state index in [1.807, 2.05) is 0 Å². The molecule has 1 aromatic carbocycles. The lowest BCUT2D eigenvalue weighted by molar-refractivity contribution is -0.149. The first-order chi connectivity index (χ1) is 11.6. The molecule has 0 aromatic heterocycles. The van der Waals surface area contributed by atoms with Gasteiger partial charge in [0.15, 0.2) is 11.5 Å². The van der Waals surface area contributed by atoms with Crippen molar-refractivity contribution in [2.45, 2.75) is 25.3 Å². The average Bonchev–Trinajstić information content (AvgIpc) is 2.57. The number of nitrogens with zero attached hydrogens (tertiary/aromatic N) is 1. The number of hydrogen-bond acceptors (Lipinski definition) is 6. The topological polar surface area (TPSA) is 85.3 Å². The van der Waals surface area contributed by atoms with Crippen LogP contribution in [0, 0.1) is 0 Å². The van der Waals surface area contributed by atoms with Gasteiger partial charge in [0.25, 0.3) is 5.91 Å². The van der Waals surface area contributed by atoms with Crippen LogP contribution in [-0.4, -0.2) is 62.4 Å². The molecule has 7 heteroatoms. The van der Waals surface area contributed by atoms with E-state index in [0.717, 1.165) is 5.56 Å². The highest BCUT2D eigenvalue weighted by atomic mass is 16.5. The average molecular weight is 337 g/mol. The minimum absolute atomic E-state index is 0.0418. The lowest BCUT2D eigenvalue weighted by Gasteiger charge is -2.38. The Labute approximate surface area is 141 Å². The Hall–Kier alpha value is -2.28. The first-order valence-electron chi connectivity index (χ1n) is 7.81. The number of ether oxygens (including phenoxy) is 3. The van der Waals surface area contributed by atoms with E-state index in [1.165, 1.54) is 26.2 Å². The Balaban J connectivity index is 2.32. The Morgan fingerprint density at radius 3 is 2.50 bits per heavy atom. The first kappa shape index (κ1) is 18.1. The lowest BCUT2D eigenvalue weighted by atomic mass is 9.98. The van der Waals surface area contributed by atoms with Crippen LogP contribution in [0.15, 0.2) is 12.1 Å². The van der Waals surface area contributed by atoms with Crippen LogP contribution in [0.2, 0.25) is 0 Å². The van der Waals surface area contributed by atoms with E-state index in [-0.39, 0.29) is 12.5 Å².